The van der Waals surface area contributed by atoms with Gasteiger partial charge in [0, 0.05) is 24.5 Å². The molecule has 28 heavy (non-hydrogen) atoms. The molecule has 0 radical (unpaired) electrons. The van der Waals surface area contributed by atoms with Crippen molar-refractivity contribution in [1.82, 2.24) is 4.57 Å². The Morgan fingerprint density at radius 1 is 1.00 bits per heavy atom. The number of aromatic nitrogens is 1. The summed E-state index contributed by atoms with van der Waals surface area (Å²) in [6.45, 7) is 2.11. The zero-order valence-electron chi connectivity index (χ0n) is 14.8. The van der Waals surface area contributed by atoms with E-state index < -0.39 is 28.8 Å². The molecule has 0 aliphatic carbocycles. The minimum atomic E-state index is -4.57. The van der Waals surface area contributed by atoms with Gasteiger partial charge in [-0.1, -0.05) is 24.3 Å². The zero-order chi connectivity index (χ0) is 20.5. The van der Waals surface area contributed by atoms with Gasteiger partial charge in [0.1, 0.15) is 5.82 Å². The van der Waals surface area contributed by atoms with Crippen LogP contribution in [-0.2, 0) is 12.7 Å². The van der Waals surface area contributed by atoms with Crippen LogP contribution in [0.2, 0.25) is 0 Å². The Balaban J connectivity index is 2.20. The predicted octanol–water partition coefficient (Wildman–Crippen LogP) is 4.92. The summed E-state index contributed by atoms with van der Waals surface area (Å²) in [7, 11) is 0. The average Bonchev–Trinajstić information content (AvgIpc) is 2.67. The molecule has 0 unspecified atom stereocenters. The Kier molecular flexibility index (Phi) is 5.18. The van der Waals surface area contributed by atoms with Gasteiger partial charge in [-0.25, -0.2) is 4.39 Å². The molecule has 3 nitrogen and oxygen atoms in total. The third-order valence-electron chi connectivity index (χ3n) is 4.31. The van der Waals surface area contributed by atoms with Crippen molar-refractivity contribution >= 4 is 5.78 Å². The molecule has 0 fully saturated rings. The summed E-state index contributed by atoms with van der Waals surface area (Å²) in [4.78, 5) is 25.6. The minimum absolute atomic E-state index is 0.0326. The van der Waals surface area contributed by atoms with Gasteiger partial charge in [0.25, 0.3) is 0 Å². The van der Waals surface area contributed by atoms with Gasteiger partial charge >= 0.3 is 6.18 Å². The summed E-state index contributed by atoms with van der Waals surface area (Å²) in [6, 6.07) is 9.54. The first kappa shape index (κ1) is 19.5. The van der Waals surface area contributed by atoms with Crippen molar-refractivity contribution in [3.05, 3.63) is 93.7 Å². The van der Waals surface area contributed by atoms with Gasteiger partial charge in [-0.3, -0.25) is 9.59 Å². The highest BCUT2D eigenvalue weighted by atomic mass is 19.4. The second-order valence-corrected chi connectivity index (χ2v) is 6.13. The number of rotatable bonds is 4. The standard InChI is InChI=1S/C21H15F4NO2/c1-2-26-11-16(13-6-5-7-14(10-13)21(23,24)25)20(28)17(12-26)19(27)15-8-3-4-9-18(15)22/h3-12H,2H2,1H3. The maximum Gasteiger partial charge on any atom is 0.416 e. The van der Waals surface area contributed by atoms with Crippen LogP contribution in [0.25, 0.3) is 11.1 Å². The monoisotopic (exact) mass is 389 g/mol. The maximum absolute atomic E-state index is 14.0. The van der Waals surface area contributed by atoms with E-state index in [-0.39, 0.29) is 22.3 Å². The number of carbonyl (C=O) groups is 1. The van der Waals surface area contributed by atoms with E-state index in [0.717, 1.165) is 18.2 Å². The topological polar surface area (TPSA) is 39.1 Å². The number of alkyl halides is 3. The van der Waals surface area contributed by atoms with Crippen molar-refractivity contribution in [2.24, 2.45) is 0 Å². The largest absolute Gasteiger partial charge is 0.416 e. The van der Waals surface area contributed by atoms with E-state index in [1.54, 1.807) is 6.92 Å². The Morgan fingerprint density at radius 3 is 2.36 bits per heavy atom. The lowest BCUT2D eigenvalue weighted by molar-refractivity contribution is -0.137. The van der Waals surface area contributed by atoms with Crippen molar-refractivity contribution in [2.45, 2.75) is 19.6 Å². The van der Waals surface area contributed by atoms with Gasteiger partial charge in [0.05, 0.1) is 16.7 Å². The van der Waals surface area contributed by atoms with Gasteiger partial charge in [-0.15, -0.1) is 0 Å². The SMILES string of the molecule is CCn1cc(C(=O)c2ccccc2F)c(=O)c(-c2cccc(C(F)(F)F)c2)c1. The van der Waals surface area contributed by atoms with E-state index in [4.69, 9.17) is 0 Å². The fourth-order valence-corrected chi connectivity index (χ4v) is 2.83. The van der Waals surface area contributed by atoms with Gasteiger partial charge in [0.15, 0.2) is 0 Å². The molecule has 144 valence electrons. The van der Waals surface area contributed by atoms with Crippen LogP contribution in [0.1, 0.15) is 28.4 Å². The molecule has 3 aromatic rings. The first-order chi connectivity index (χ1) is 13.2. The molecule has 0 spiro atoms. The molecule has 0 saturated carbocycles. The van der Waals surface area contributed by atoms with Crippen LogP contribution >= 0.6 is 0 Å². The van der Waals surface area contributed by atoms with E-state index >= 15 is 0 Å². The number of carbonyl (C=O) groups excluding carboxylic acids is 1. The number of ketones is 1. The summed E-state index contributed by atoms with van der Waals surface area (Å²) in [5.41, 5.74) is -2.26. The molecule has 0 atom stereocenters. The van der Waals surface area contributed by atoms with E-state index in [1.165, 1.54) is 47.3 Å². The molecular weight excluding hydrogens is 374 g/mol. The molecule has 2 aromatic carbocycles. The molecular formula is C21H15F4NO2. The second-order valence-electron chi connectivity index (χ2n) is 6.13. The zero-order valence-corrected chi connectivity index (χ0v) is 14.8. The number of nitrogens with zero attached hydrogens (tertiary/aromatic N) is 1. The summed E-state index contributed by atoms with van der Waals surface area (Å²) in [6.07, 6.45) is -1.90. The number of hydrogen-bond acceptors (Lipinski definition) is 2. The number of aryl methyl sites for hydroxylation is 1. The minimum Gasteiger partial charge on any atom is -0.353 e. The van der Waals surface area contributed by atoms with Crippen LogP contribution in [0.15, 0.2) is 65.7 Å². The fourth-order valence-electron chi connectivity index (χ4n) is 2.83. The first-order valence-corrected chi connectivity index (χ1v) is 8.43. The molecule has 3 rings (SSSR count). The third-order valence-corrected chi connectivity index (χ3v) is 4.31. The van der Waals surface area contributed by atoms with Crippen molar-refractivity contribution in [1.29, 1.82) is 0 Å². The highest BCUT2D eigenvalue weighted by Crippen LogP contribution is 2.31. The Bertz CT molecular complexity index is 1100. The molecule has 0 aliphatic rings. The quantitative estimate of drug-likeness (QED) is 0.469. The fraction of sp³-hybridized carbons (Fsp3) is 0.143. The lowest BCUT2D eigenvalue weighted by Gasteiger charge is -2.12. The van der Waals surface area contributed by atoms with Crippen LogP contribution in [0.3, 0.4) is 0 Å². The third kappa shape index (κ3) is 3.74. The van der Waals surface area contributed by atoms with Gasteiger partial charge in [-0.2, -0.15) is 13.2 Å². The van der Waals surface area contributed by atoms with Crippen LogP contribution in [0, 0.1) is 5.82 Å². The van der Waals surface area contributed by atoms with Crippen molar-refractivity contribution in [3.8, 4) is 11.1 Å². The van der Waals surface area contributed by atoms with Crippen molar-refractivity contribution < 1.29 is 22.4 Å². The molecule has 0 saturated heterocycles. The van der Waals surface area contributed by atoms with Crippen LogP contribution in [0.4, 0.5) is 17.6 Å². The molecule has 1 heterocycles. The highest BCUT2D eigenvalue weighted by Gasteiger charge is 2.31. The Hall–Kier alpha value is -3.22. The lowest BCUT2D eigenvalue weighted by atomic mass is 9.98. The number of halogens is 4. The molecule has 0 aliphatic heterocycles. The van der Waals surface area contributed by atoms with E-state index in [2.05, 4.69) is 0 Å². The molecule has 0 N–H and O–H groups in total. The van der Waals surface area contributed by atoms with Crippen molar-refractivity contribution in [3.63, 3.8) is 0 Å². The van der Waals surface area contributed by atoms with E-state index in [0.29, 0.717) is 6.54 Å². The second kappa shape index (κ2) is 7.42. The Morgan fingerprint density at radius 2 is 1.71 bits per heavy atom. The van der Waals surface area contributed by atoms with Gasteiger partial charge < -0.3 is 4.57 Å². The van der Waals surface area contributed by atoms with Gasteiger partial charge in [-0.05, 0) is 36.8 Å². The normalized spacial score (nSPS) is 11.5. The summed E-state index contributed by atoms with van der Waals surface area (Å²) in [5, 5.41) is 0. The van der Waals surface area contributed by atoms with Crippen LogP contribution < -0.4 is 5.43 Å². The molecule has 7 heteroatoms. The summed E-state index contributed by atoms with van der Waals surface area (Å²) >= 11 is 0. The summed E-state index contributed by atoms with van der Waals surface area (Å²) in [5.74, 6) is -1.60. The first-order valence-electron chi connectivity index (χ1n) is 8.43. The summed E-state index contributed by atoms with van der Waals surface area (Å²) < 4.78 is 54.6. The van der Waals surface area contributed by atoms with Crippen LogP contribution in [0.5, 0.6) is 0 Å². The predicted molar refractivity (Wildman–Crippen MR) is 96.6 cm³/mol. The van der Waals surface area contributed by atoms with Crippen LogP contribution in [-0.4, -0.2) is 10.4 Å². The molecule has 1 aromatic heterocycles. The number of benzene rings is 2. The average molecular weight is 389 g/mol. The molecule has 0 bridgehead atoms. The Labute approximate surface area is 157 Å². The highest BCUT2D eigenvalue weighted by molar-refractivity contribution is 6.09. The van der Waals surface area contributed by atoms with E-state index in [9.17, 15) is 27.2 Å². The number of hydrogen-bond donors (Lipinski definition) is 0. The van der Waals surface area contributed by atoms with Crippen molar-refractivity contribution in [2.75, 3.05) is 0 Å². The van der Waals surface area contributed by atoms with Gasteiger partial charge in [0.2, 0.25) is 11.2 Å². The molecule has 0 amide bonds. The number of pyridine rings is 1. The van der Waals surface area contributed by atoms with E-state index in [1.807, 2.05) is 0 Å². The lowest BCUT2D eigenvalue weighted by Crippen LogP contribution is -2.21. The smallest absolute Gasteiger partial charge is 0.353 e. The maximum atomic E-state index is 14.0.